The van der Waals surface area contributed by atoms with Gasteiger partial charge in [-0.3, -0.25) is 0 Å². The van der Waals surface area contributed by atoms with Gasteiger partial charge in [-0.2, -0.15) is 0 Å². The van der Waals surface area contributed by atoms with Crippen molar-refractivity contribution in [3.8, 4) is 0 Å². The highest BCUT2D eigenvalue weighted by Gasteiger charge is 2.59. The molecule has 3 N–H and O–H groups in total. The fourth-order valence-corrected chi connectivity index (χ4v) is 2.92. The van der Waals surface area contributed by atoms with Crippen LogP contribution in [0.4, 0.5) is 0 Å². The fraction of sp³-hybridized carbons (Fsp3) is 1.00. The Hall–Kier alpha value is -0.0800. The van der Waals surface area contributed by atoms with Crippen molar-refractivity contribution in [2.75, 3.05) is 0 Å². The van der Waals surface area contributed by atoms with Crippen molar-refractivity contribution >= 4 is 0 Å². The summed E-state index contributed by atoms with van der Waals surface area (Å²) < 4.78 is 0. The molecule has 2 saturated carbocycles. The average molecular weight is 155 g/mol. The molecule has 2 aliphatic rings. The summed E-state index contributed by atoms with van der Waals surface area (Å²) in [5, 5.41) is 10.0. The normalized spacial score (nSPS) is 53.5. The van der Waals surface area contributed by atoms with Gasteiger partial charge in [-0.25, -0.2) is 0 Å². The van der Waals surface area contributed by atoms with Gasteiger partial charge in [0.2, 0.25) is 0 Å². The van der Waals surface area contributed by atoms with Gasteiger partial charge in [-0.15, -0.1) is 0 Å². The highest BCUT2D eigenvalue weighted by Crippen LogP contribution is 2.56. The summed E-state index contributed by atoms with van der Waals surface area (Å²) in [5.74, 6) is 0.655. The molecule has 0 aliphatic heterocycles. The molecule has 0 saturated heterocycles. The van der Waals surface area contributed by atoms with E-state index < -0.39 is 5.60 Å². The Morgan fingerprint density at radius 2 is 2.09 bits per heavy atom. The van der Waals surface area contributed by atoms with Crippen molar-refractivity contribution in [1.82, 2.24) is 0 Å². The molecule has 0 unspecified atom stereocenters. The Morgan fingerprint density at radius 3 is 2.36 bits per heavy atom. The Morgan fingerprint density at radius 1 is 1.45 bits per heavy atom. The van der Waals surface area contributed by atoms with E-state index in [1.54, 1.807) is 0 Å². The SMILES string of the molecule is CC1(C)[C@@H]2CC[C@@](O)(C2)[C@H]1N. The lowest BCUT2D eigenvalue weighted by atomic mass is 9.72. The zero-order valence-electron chi connectivity index (χ0n) is 7.30. The lowest BCUT2D eigenvalue weighted by Crippen LogP contribution is -2.51. The molecular formula is C9H17NO. The van der Waals surface area contributed by atoms with Crippen molar-refractivity contribution in [1.29, 1.82) is 0 Å². The zero-order chi connectivity index (χ0) is 8.28. The summed E-state index contributed by atoms with van der Waals surface area (Å²) in [7, 11) is 0. The highest BCUT2D eigenvalue weighted by atomic mass is 16.3. The molecule has 2 rings (SSSR count). The number of aliphatic hydroxyl groups is 1. The summed E-state index contributed by atoms with van der Waals surface area (Å²) in [6.07, 6.45) is 3.01. The third kappa shape index (κ3) is 0.744. The first-order valence-electron chi connectivity index (χ1n) is 4.45. The molecule has 0 aromatic carbocycles. The minimum absolute atomic E-state index is 0.00579. The maximum absolute atomic E-state index is 10.0. The quantitative estimate of drug-likeness (QED) is 0.545. The fourth-order valence-electron chi connectivity index (χ4n) is 2.92. The molecule has 64 valence electrons. The van der Waals surface area contributed by atoms with Crippen LogP contribution >= 0.6 is 0 Å². The second-order valence-corrected chi connectivity index (χ2v) is 4.84. The first-order chi connectivity index (χ1) is 4.97. The van der Waals surface area contributed by atoms with Gasteiger partial charge in [0.25, 0.3) is 0 Å². The minimum atomic E-state index is -0.520. The maximum atomic E-state index is 10.0. The van der Waals surface area contributed by atoms with Gasteiger partial charge in [-0.05, 0) is 30.6 Å². The molecule has 2 fully saturated rings. The minimum Gasteiger partial charge on any atom is -0.388 e. The van der Waals surface area contributed by atoms with Crippen molar-refractivity contribution in [3.63, 3.8) is 0 Å². The van der Waals surface area contributed by atoms with Crippen molar-refractivity contribution in [2.24, 2.45) is 17.1 Å². The van der Waals surface area contributed by atoms with Crippen LogP contribution in [0.5, 0.6) is 0 Å². The lowest BCUT2D eigenvalue weighted by Gasteiger charge is -2.38. The van der Waals surface area contributed by atoms with Crippen LogP contribution in [0, 0.1) is 11.3 Å². The number of hydrogen-bond donors (Lipinski definition) is 2. The van der Waals surface area contributed by atoms with Crippen LogP contribution < -0.4 is 5.73 Å². The standard InChI is InChI=1S/C9H17NO/c1-8(2)6-3-4-9(11,5-6)7(8)10/h6-7,11H,3-5,10H2,1-2H3/t6-,7+,9-/m1/s1. The van der Waals surface area contributed by atoms with E-state index in [2.05, 4.69) is 13.8 Å². The van der Waals surface area contributed by atoms with Crippen molar-refractivity contribution < 1.29 is 5.11 Å². The summed E-state index contributed by atoms with van der Waals surface area (Å²) >= 11 is 0. The van der Waals surface area contributed by atoms with E-state index in [1.807, 2.05) is 0 Å². The van der Waals surface area contributed by atoms with E-state index in [9.17, 15) is 5.11 Å². The Labute approximate surface area is 67.8 Å². The van der Waals surface area contributed by atoms with Crippen LogP contribution in [0.2, 0.25) is 0 Å². The van der Waals surface area contributed by atoms with E-state index in [4.69, 9.17) is 5.73 Å². The predicted molar refractivity (Wildman–Crippen MR) is 44.0 cm³/mol. The second-order valence-electron chi connectivity index (χ2n) is 4.84. The Kier molecular flexibility index (Phi) is 1.24. The molecule has 2 aliphatic carbocycles. The van der Waals surface area contributed by atoms with Gasteiger partial charge in [0.1, 0.15) is 0 Å². The first-order valence-corrected chi connectivity index (χ1v) is 4.45. The van der Waals surface area contributed by atoms with Gasteiger partial charge in [0.15, 0.2) is 0 Å². The molecule has 0 aromatic rings. The second kappa shape index (κ2) is 1.80. The van der Waals surface area contributed by atoms with Crippen LogP contribution in [-0.4, -0.2) is 16.7 Å². The molecule has 3 atom stereocenters. The van der Waals surface area contributed by atoms with Gasteiger partial charge in [-0.1, -0.05) is 13.8 Å². The smallest absolute Gasteiger partial charge is 0.0806 e. The Balaban J connectivity index is 2.34. The van der Waals surface area contributed by atoms with E-state index in [0.29, 0.717) is 5.92 Å². The molecule has 0 heterocycles. The number of fused-ring (bicyclic) bond motifs is 2. The molecule has 0 amide bonds. The lowest BCUT2D eigenvalue weighted by molar-refractivity contribution is 0.00450. The van der Waals surface area contributed by atoms with Gasteiger partial charge in [0, 0.05) is 6.04 Å². The molecular weight excluding hydrogens is 138 g/mol. The summed E-state index contributed by atoms with van der Waals surface area (Å²) in [6.45, 7) is 4.36. The molecule has 2 bridgehead atoms. The van der Waals surface area contributed by atoms with Crippen LogP contribution in [0.25, 0.3) is 0 Å². The van der Waals surface area contributed by atoms with Gasteiger partial charge in [0.05, 0.1) is 5.60 Å². The number of hydrogen-bond acceptors (Lipinski definition) is 2. The van der Waals surface area contributed by atoms with E-state index in [0.717, 1.165) is 19.3 Å². The maximum Gasteiger partial charge on any atom is 0.0806 e. The first kappa shape index (κ1) is 7.56. The third-order valence-electron chi connectivity index (χ3n) is 3.96. The molecule has 11 heavy (non-hydrogen) atoms. The average Bonchev–Trinajstić information content (AvgIpc) is 2.36. The predicted octanol–water partition coefficient (Wildman–Crippen LogP) is 0.885. The topological polar surface area (TPSA) is 46.2 Å². The number of nitrogens with two attached hydrogens (primary N) is 1. The molecule has 2 nitrogen and oxygen atoms in total. The molecule has 0 radical (unpaired) electrons. The third-order valence-corrected chi connectivity index (χ3v) is 3.96. The van der Waals surface area contributed by atoms with Crippen LogP contribution in [0.3, 0.4) is 0 Å². The largest absolute Gasteiger partial charge is 0.388 e. The molecule has 2 heteroatoms. The zero-order valence-corrected chi connectivity index (χ0v) is 7.30. The molecule has 0 aromatic heterocycles. The Bertz CT molecular complexity index is 185. The van der Waals surface area contributed by atoms with Gasteiger partial charge >= 0.3 is 0 Å². The number of rotatable bonds is 0. The summed E-state index contributed by atoms with van der Waals surface area (Å²) in [5.41, 5.74) is 5.62. The summed E-state index contributed by atoms with van der Waals surface area (Å²) in [6, 6.07) is -0.00579. The van der Waals surface area contributed by atoms with Crippen LogP contribution in [0.15, 0.2) is 0 Å². The summed E-state index contributed by atoms with van der Waals surface area (Å²) in [4.78, 5) is 0. The van der Waals surface area contributed by atoms with Crippen LogP contribution in [0.1, 0.15) is 33.1 Å². The van der Waals surface area contributed by atoms with E-state index in [1.165, 1.54) is 0 Å². The van der Waals surface area contributed by atoms with Crippen molar-refractivity contribution in [2.45, 2.75) is 44.8 Å². The van der Waals surface area contributed by atoms with E-state index in [-0.39, 0.29) is 11.5 Å². The van der Waals surface area contributed by atoms with Crippen LogP contribution in [-0.2, 0) is 0 Å². The highest BCUT2D eigenvalue weighted by molar-refractivity contribution is 5.13. The van der Waals surface area contributed by atoms with Crippen molar-refractivity contribution in [3.05, 3.63) is 0 Å². The molecule has 0 spiro atoms. The van der Waals surface area contributed by atoms with E-state index >= 15 is 0 Å². The van der Waals surface area contributed by atoms with Gasteiger partial charge < -0.3 is 10.8 Å². The monoisotopic (exact) mass is 155 g/mol.